The van der Waals surface area contributed by atoms with Gasteiger partial charge in [-0.3, -0.25) is 5.43 Å². The Hall–Kier alpha value is -2.69. The molecule has 2 N–H and O–H groups in total. The summed E-state index contributed by atoms with van der Waals surface area (Å²) in [5.74, 6) is 0.632. The molecule has 0 radical (unpaired) electrons. The summed E-state index contributed by atoms with van der Waals surface area (Å²) >= 11 is 0. The summed E-state index contributed by atoms with van der Waals surface area (Å²) in [5, 5.41) is 0. The summed E-state index contributed by atoms with van der Waals surface area (Å²) in [7, 11) is 1.58. The van der Waals surface area contributed by atoms with Gasteiger partial charge in [-0.15, -0.1) is 0 Å². The van der Waals surface area contributed by atoms with Gasteiger partial charge in [0.2, 0.25) is 0 Å². The van der Waals surface area contributed by atoms with E-state index in [4.69, 9.17) is 9.47 Å². The Kier molecular flexibility index (Phi) is 5.86. The molecule has 0 saturated carbocycles. The van der Waals surface area contributed by atoms with Crippen molar-refractivity contribution in [2.45, 2.75) is 26.4 Å². The minimum Gasteiger partial charge on any atom is -0.495 e. The molecule has 0 atom stereocenters. The van der Waals surface area contributed by atoms with Gasteiger partial charge in [-0.2, -0.15) is 0 Å². The Morgan fingerprint density at radius 1 is 1.26 bits per heavy atom. The SMILES string of the molecule is COc1ccc(C2=CC=CCC=C2)cc1NNC(=O)OC(C)C. The van der Waals surface area contributed by atoms with Gasteiger partial charge in [0, 0.05) is 0 Å². The molecule has 1 aliphatic rings. The maximum Gasteiger partial charge on any atom is 0.426 e. The molecular weight excluding hydrogens is 292 g/mol. The number of hydrogen-bond donors (Lipinski definition) is 2. The number of carbonyl (C=O) groups is 1. The number of methoxy groups -OCH3 is 1. The third-order valence-electron chi connectivity index (χ3n) is 3.16. The molecule has 2 rings (SSSR count). The topological polar surface area (TPSA) is 59.6 Å². The first-order valence-corrected chi connectivity index (χ1v) is 7.54. The molecule has 0 aromatic heterocycles. The number of amides is 1. The Morgan fingerprint density at radius 3 is 2.83 bits per heavy atom. The van der Waals surface area contributed by atoms with Crippen LogP contribution in [0.5, 0.6) is 5.75 Å². The molecule has 1 aromatic rings. The first-order chi connectivity index (χ1) is 11.1. The number of carbonyl (C=O) groups excluding carboxylic acids is 1. The predicted molar refractivity (Wildman–Crippen MR) is 92.2 cm³/mol. The van der Waals surface area contributed by atoms with E-state index in [1.807, 2.05) is 24.3 Å². The monoisotopic (exact) mass is 314 g/mol. The molecule has 0 unspecified atom stereocenters. The molecule has 23 heavy (non-hydrogen) atoms. The van der Waals surface area contributed by atoms with Crippen LogP contribution >= 0.6 is 0 Å². The lowest BCUT2D eigenvalue weighted by atomic mass is 10.0. The summed E-state index contributed by atoms with van der Waals surface area (Å²) in [5.41, 5.74) is 8.13. The molecule has 0 bridgehead atoms. The van der Waals surface area contributed by atoms with Gasteiger partial charge in [0.25, 0.3) is 0 Å². The second-order valence-electron chi connectivity index (χ2n) is 5.31. The number of hydrogen-bond acceptors (Lipinski definition) is 4. The number of nitrogens with one attached hydrogen (secondary N) is 2. The molecule has 5 heteroatoms. The highest BCUT2D eigenvalue weighted by Crippen LogP contribution is 2.29. The summed E-state index contributed by atoms with van der Waals surface area (Å²) in [4.78, 5) is 11.6. The van der Waals surface area contributed by atoms with E-state index in [2.05, 4.69) is 35.2 Å². The summed E-state index contributed by atoms with van der Waals surface area (Å²) in [6, 6.07) is 5.76. The minimum atomic E-state index is -0.538. The van der Waals surface area contributed by atoms with Crippen molar-refractivity contribution in [3.63, 3.8) is 0 Å². The van der Waals surface area contributed by atoms with Gasteiger partial charge in [-0.25, -0.2) is 10.2 Å². The van der Waals surface area contributed by atoms with Crippen LogP contribution in [0.1, 0.15) is 25.8 Å². The van der Waals surface area contributed by atoms with Crippen molar-refractivity contribution >= 4 is 17.4 Å². The van der Waals surface area contributed by atoms with Crippen molar-refractivity contribution in [3.05, 3.63) is 54.1 Å². The van der Waals surface area contributed by atoms with E-state index in [0.29, 0.717) is 11.4 Å². The standard InChI is InChI=1S/C18H22N2O3/c1-13(2)23-18(21)20-19-16-12-15(10-11-17(16)22-3)14-8-6-4-5-7-9-14/h4,6-13,19H,5H2,1-3H3,(H,20,21). The van der Waals surface area contributed by atoms with Gasteiger partial charge in [0.15, 0.2) is 0 Å². The van der Waals surface area contributed by atoms with Gasteiger partial charge in [-0.05, 0) is 43.5 Å². The lowest BCUT2D eigenvalue weighted by Gasteiger charge is -2.15. The van der Waals surface area contributed by atoms with E-state index in [9.17, 15) is 4.79 Å². The maximum absolute atomic E-state index is 11.6. The highest BCUT2D eigenvalue weighted by atomic mass is 16.6. The van der Waals surface area contributed by atoms with Gasteiger partial charge >= 0.3 is 6.09 Å². The second-order valence-corrected chi connectivity index (χ2v) is 5.31. The van der Waals surface area contributed by atoms with Crippen molar-refractivity contribution < 1.29 is 14.3 Å². The first kappa shape index (κ1) is 16.7. The zero-order valence-corrected chi connectivity index (χ0v) is 13.6. The van der Waals surface area contributed by atoms with Crippen LogP contribution < -0.4 is 15.6 Å². The normalized spacial score (nSPS) is 13.3. The third kappa shape index (κ3) is 4.92. The first-order valence-electron chi connectivity index (χ1n) is 7.54. The Balaban J connectivity index is 2.17. The van der Waals surface area contributed by atoms with Crippen molar-refractivity contribution in [1.82, 2.24) is 5.43 Å². The Labute approximate surface area is 136 Å². The van der Waals surface area contributed by atoms with Gasteiger partial charge in [0.05, 0.1) is 18.9 Å². The number of hydrazine groups is 1. The van der Waals surface area contributed by atoms with E-state index in [0.717, 1.165) is 17.6 Å². The number of allylic oxidation sites excluding steroid dienone is 6. The zero-order valence-electron chi connectivity index (χ0n) is 13.6. The predicted octanol–water partition coefficient (Wildman–Crippen LogP) is 4.06. The van der Waals surface area contributed by atoms with Crippen molar-refractivity contribution in [2.24, 2.45) is 0 Å². The fraction of sp³-hybridized carbons (Fsp3) is 0.278. The van der Waals surface area contributed by atoms with E-state index >= 15 is 0 Å². The molecule has 122 valence electrons. The molecular formula is C18H22N2O3. The smallest absolute Gasteiger partial charge is 0.426 e. The van der Waals surface area contributed by atoms with Crippen LogP contribution in [0.15, 0.2) is 48.6 Å². The number of benzene rings is 1. The quantitative estimate of drug-likeness (QED) is 0.805. The highest BCUT2D eigenvalue weighted by Gasteiger charge is 2.09. The lowest BCUT2D eigenvalue weighted by molar-refractivity contribution is 0.117. The van der Waals surface area contributed by atoms with Crippen LogP contribution in [0.2, 0.25) is 0 Å². The zero-order chi connectivity index (χ0) is 16.7. The molecule has 5 nitrogen and oxygen atoms in total. The fourth-order valence-electron chi connectivity index (χ4n) is 2.12. The summed E-state index contributed by atoms with van der Waals surface area (Å²) in [6.45, 7) is 3.58. The Bertz CT molecular complexity index is 646. The number of anilines is 1. The van der Waals surface area contributed by atoms with Gasteiger partial charge in [0.1, 0.15) is 5.75 Å². The lowest BCUT2D eigenvalue weighted by Crippen LogP contribution is -2.31. The molecule has 0 spiro atoms. The molecule has 0 saturated heterocycles. The summed E-state index contributed by atoms with van der Waals surface area (Å²) < 4.78 is 10.3. The van der Waals surface area contributed by atoms with Gasteiger partial charge < -0.3 is 9.47 Å². The fourth-order valence-corrected chi connectivity index (χ4v) is 2.12. The molecule has 0 fully saturated rings. The van der Waals surface area contributed by atoms with Crippen LogP contribution in [0.4, 0.5) is 10.5 Å². The number of ether oxygens (including phenoxy) is 2. The van der Waals surface area contributed by atoms with Crippen LogP contribution in [0.25, 0.3) is 5.57 Å². The molecule has 1 aromatic carbocycles. The van der Waals surface area contributed by atoms with Crippen LogP contribution in [-0.2, 0) is 4.74 Å². The molecule has 1 aliphatic carbocycles. The van der Waals surface area contributed by atoms with Gasteiger partial charge in [-0.1, -0.05) is 36.4 Å². The molecule has 0 heterocycles. The van der Waals surface area contributed by atoms with Crippen LogP contribution in [-0.4, -0.2) is 19.3 Å². The van der Waals surface area contributed by atoms with E-state index in [1.165, 1.54) is 0 Å². The van der Waals surface area contributed by atoms with Crippen LogP contribution in [0, 0.1) is 0 Å². The van der Waals surface area contributed by atoms with Crippen LogP contribution in [0.3, 0.4) is 0 Å². The van der Waals surface area contributed by atoms with Crippen molar-refractivity contribution in [1.29, 1.82) is 0 Å². The van der Waals surface area contributed by atoms with E-state index in [1.54, 1.807) is 21.0 Å². The third-order valence-corrected chi connectivity index (χ3v) is 3.16. The van der Waals surface area contributed by atoms with Crippen molar-refractivity contribution in [2.75, 3.05) is 12.5 Å². The highest BCUT2D eigenvalue weighted by molar-refractivity contribution is 5.79. The molecule has 0 aliphatic heterocycles. The number of rotatable bonds is 5. The average Bonchev–Trinajstić information content (AvgIpc) is 2.81. The Morgan fingerprint density at radius 2 is 2.09 bits per heavy atom. The van der Waals surface area contributed by atoms with E-state index in [-0.39, 0.29) is 6.10 Å². The maximum atomic E-state index is 11.6. The van der Waals surface area contributed by atoms with E-state index < -0.39 is 6.09 Å². The van der Waals surface area contributed by atoms with Crippen molar-refractivity contribution in [3.8, 4) is 5.75 Å². The molecule has 1 amide bonds. The largest absolute Gasteiger partial charge is 0.495 e. The summed E-state index contributed by atoms with van der Waals surface area (Å²) in [6.07, 6.45) is 10.6. The minimum absolute atomic E-state index is 0.182. The second kappa shape index (κ2) is 8.08. The average molecular weight is 314 g/mol.